The van der Waals surface area contributed by atoms with E-state index in [0.717, 1.165) is 38.5 Å². The summed E-state index contributed by atoms with van der Waals surface area (Å²) in [6.45, 7) is 6.16. The molecule has 20 heavy (non-hydrogen) atoms. The van der Waals surface area contributed by atoms with Crippen molar-refractivity contribution >= 4 is 24.0 Å². The normalized spacial score (nSPS) is 17.1. The fraction of sp³-hybridized carbons (Fsp3) is 0.500. The lowest BCUT2D eigenvalue weighted by Crippen LogP contribution is -2.35. The van der Waals surface area contributed by atoms with Gasteiger partial charge in [0.1, 0.15) is 0 Å². The van der Waals surface area contributed by atoms with Gasteiger partial charge < -0.3 is 15.8 Å². The number of ether oxygens (including phenoxy) is 1. The molecular formula is C14H22ClN3O2. The molecule has 1 amide bonds. The van der Waals surface area contributed by atoms with E-state index in [1.165, 1.54) is 5.56 Å². The van der Waals surface area contributed by atoms with Gasteiger partial charge >= 0.3 is 0 Å². The van der Waals surface area contributed by atoms with Gasteiger partial charge in [-0.25, -0.2) is 0 Å². The van der Waals surface area contributed by atoms with Gasteiger partial charge in [-0.1, -0.05) is 12.1 Å². The molecule has 1 aromatic carbocycles. The Morgan fingerprint density at radius 1 is 1.35 bits per heavy atom. The molecule has 1 aromatic rings. The van der Waals surface area contributed by atoms with Crippen molar-refractivity contribution in [3.8, 4) is 0 Å². The third kappa shape index (κ3) is 5.09. The highest BCUT2D eigenvalue weighted by molar-refractivity contribution is 5.94. The lowest BCUT2D eigenvalue weighted by atomic mass is 10.2. The molecular weight excluding hydrogens is 278 g/mol. The summed E-state index contributed by atoms with van der Waals surface area (Å²) in [5.74, 6) is -0.166. The van der Waals surface area contributed by atoms with E-state index in [2.05, 4.69) is 10.2 Å². The summed E-state index contributed by atoms with van der Waals surface area (Å²) in [6.07, 6.45) is 0. The molecule has 0 aromatic heterocycles. The summed E-state index contributed by atoms with van der Waals surface area (Å²) in [4.78, 5) is 13.8. The van der Waals surface area contributed by atoms with Crippen LogP contribution in [0.5, 0.6) is 0 Å². The largest absolute Gasteiger partial charge is 0.379 e. The standard InChI is InChI=1S/C14H21N3O2.ClH/c1-11(15)14(18)16-13-4-2-12(3-5-13)10-17-6-8-19-9-7-17;/h2-5,11H,6-10,15H2,1H3,(H,16,18);1H. The Balaban J connectivity index is 0.00000200. The van der Waals surface area contributed by atoms with E-state index in [-0.39, 0.29) is 18.3 Å². The van der Waals surface area contributed by atoms with Gasteiger partial charge in [0, 0.05) is 25.3 Å². The number of nitrogens with one attached hydrogen (secondary N) is 1. The first kappa shape index (κ1) is 16.9. The summed E-state index contributed by atoms with van der Waals surface area (Å²) in [5, 5.41) is 2.77. The molecule has 2 rings (SSSR count). The fourth-order valence-electron chi connectivity index (χ4n) is 1.97. The Hall–Kier alpha value is -1.14. The number of nitrogens with zero attached hydrogens (tertiary/aromatic N) is 1. The third-order valence-corrected chi connectivity index (χ3v) is 3.14. The van der Waals surface area contributed by atoms with Crippen molar-refractivity contribution < 1.29 is 9.53 Å². The van der Waals surface area contributed by atoms with Gasteiger partial charge in [-0.05, 0) is 24.6 Å². The number of anilines is 1. The molecule has 1 fully saturated rings. The number of morpholine rings is 1. The Labute approximate surface area is 125 Å². The molecule has 5 nitrogen and oxygen atoms in total. The van der Waals surface area contributed by atoms with Crippen LogP contribution in [-0.2, 0) is 16.1 Å². The van der Waals surface area contributed by atoms with Crippen LogP contribution in [0.15, 0.2) is 24.3 Å². The zero-order valence-electron chi connectivity index (χ0n) is 11.7. The number of rotatable bonds is 4. The minimum Gasteiger partial charge on any atom is -0.379 e. The molecule has 1 aliphatic heterocycles. The third-order valence-electron chi connectivity index (χ3n) is 3.14. The second-order valence-electron chi connectivity index (χ2n) is 4.86. The number of amides is 1. The van der Waals surface area contributed by atoms with Crippen molar-refractivity contribution in [2.24, 2.45) is 5.73 Å². The van der Waals surface area contributed by atoms with Crippen LogP contribution in [0.1, 0.15) is 12.5 Å². The van der Waals surface area contributed by atoms with Gasteiger partial charge in [0.25, 0.3) is 0 Å². The first-order valence-electron chi connectivity index (χ1n) is 6.60. The number of nitrogens with two attached hydrogens (primary N) is 1. The van der Waals surface area contributed by atoms with Gasteiger partial charge in [0.2, 0.25) is 5.91 Å². The van der Waals surface area contributed by atoms with Crippen LogP contribution in [0.25, 0.3) is 0 Å². The van der Waals surface area contributed by atoms with E-state index in [1.54, 1.807) is 6.92 Å². The maximum atomic E-state index is 11.5. The van der Waals surface area contributed by atoms with Gasteiger partial charge in [-0.2, -0.15) is 0 Å². The molecule has 0 saturated carbocycles. The van der Waals surface area contributed by atoms with Gasteiger partial charge in [-0.3, -0.25) is 9.69 Å². The van der Waals surface area contributed by atoms with Gasteiger partial charge in [0.15, 0.2) is 0 Å². The molecule has 112 valence electrons. The Morgan fingerprint density at radius 3 is 2.50 bits per heavy atom. The van der Waals surface area contributed by atoms with Crippen molar-refractivity contribution in [3.05, 3.63) is 29.8 Å². The van der Waals surface area contributed by atoms with E-state index < -0.39 is 6.04 Å². The predicted molar refractivity (Wildman–Crippen MR) is 82.1 cm³/mol. The van der Waals surface area contributed by atoms with Gasteiger partial charge in [0.05, 0.1) is 19.3 Å². The average Bonchev–Trinajstić information content (AvgIpc) is 2.42. The predicted octanol–water partition coefficient (Wildman–Crippen LogP) is 1.23. The van der Waals surface area contributed by atoms with Crippen molar-refractivity contribution in [3.63, 3.8) is 0 Å². The zero-order valence-corrected chi connectivity index (χ0v) is 12.5. The van der Waals surface area contributed by atoms with E-state index in [0.29, 0.717) is 0 Å². The summed E-state index contributed by atoms with van der Waals surface area (Å²) < 4.78 is 5.32. The van der Waals surface area contributed by atoms with E-state index in [9.17, 15) is 4.79 Å². The number of carbonyl (C=O) groups excluding carboxylic acids is 1. The first-order valence-corrected chi connectivity index (χ1v) is 6.60. The van der Waals surface area contributed by atoms with Crippen LogP contribution < -0.4 is 11.1 Å². The van der Waals surface area contributed by atoms with E-state index in [4.69, 9.17) is 10.5 Å². The molecule has 1 unspecified atom stereocenters. The van der Waals surface area contributed by atoms with Gasteiger partial charge in [-0.15, -0.1) is 12.4 Å². The quantitative estimate of drug-likeness (QED) is 0.877. The molecule has 1 atom stereocenters. The van der Waals surface area contributed by atoms with Crippen molar-refractivity contribution in [2.75, 3.05) is 31.6 Å². The number of hydrogen-bond donors (Lipinski definition) is 2. The van der Waals surface area contributed by atoms with Crippen LogP contribution in [0.2, 0.25) is 0 Å². The molecule has 0 spiro atoms. The highest BCUT2D eigenvalue weighted by Gasteiger charge is 2.11. The summed E-state index contributed by atoms with van der Waals surface area (Å²) in [5.41, 5.74) is 7.53. The number of carbonyl (C=O) groups is 1. The SMILES string of the molecule is CC(N)C(=O)Nc1ccc(CN2CCOCC2)cc1.Cl. The number of benzene rings is 1. The molecule has 0 bridgehead atoms. The van der Waals surface area contributed by atoms with Crippen LogP contribution in [0.4, 0.5) is 5.69 Å². The lowest BCUT2D eigenvalue weighted by Gasteiger charge is -2.26. The number of hydrogen-bond acceptors (Lipinski definition) is 4. The maximum Gasteiger partial charge on any atom is 0.240 e. The molecule has 3 N–H and O–H groups in total. The highest BCUT2D eigenvalue weighted by Crippen LogP contribution is 2.12. The van der Waals surface area contributed by atoms with Crippen LogP contribution in [-0.4, -0.2) is 43.2 Å². The highest BCUT2D eigenvalue weighted by atomic mass is 35.5. The topological polar surface area (TPSA) is 67.6 Å². The lowest BCUT2D eigenvalue weighted by molar-refractivity contribution is -0.117. The van der Waals surface area contributed by atoms with Crippen molar-refractivity contribution in [2.45, 2.75) is 19.5 Å². The Kier molecular flexibility index (Phi) is 6.95. The second-order valence-corrected chi connectivity index (χ2v) is 4.86. The summed E-state index contributed by atoms with van der Waals surface area (Å²) in [7, 11) is 0. The first-order chi connectivity index (χ1) is 9.15. The molecule has 1 saturated heterocycles. The van der Waals surface area contributed by atoms with E-state index in [1.807, 2.05) is 24.3 Å². The molecule has 0 aliphatic carbocycles. The molecule has 1 heterocycles. The summed E-state index contributed by atoms with van der Waals surface area (Å²) >= 11 is 0. The van der Waals surface area contributed by atoms with E-state index >= 15 is 0 Å². The minimum atomic E-state index is -0.493. The van der Waals surface area contributed by atoms with Crippen molar-refractivity contribution in [1.29, 1.82) is 0 Å². The number of halogens is 1. The van der Waals surface area contributed by atoms with Crippen molar-refractivity contribution in [1.82, 2.24) is 4.90 Å². The Bertz CT molecular complexity index is 417. The smallest absolute Gasteiger partial charge is 0.240 e. The van der Waals surface area contributed by atoms with Crippen LogP contribution in [0, 0.1) is 0 Å². The Morgan fingerprint density at radius 2 is 1.95 bits per heavy atom. The zero-order chi connectivity index (χ0) is 13.7. The summed E-state index contributed by atoms with van der Waals surface area (Å²) in [6, 6.07) is 7.40. The minimum absolute atomic E-state index is 0. The molecule has 1 aliphatic rings. The monoisotopic (exact) mass is 299 g/mol. The maximum absolute atomic E-state index is 11.5. The van der Waals surface area contributed by atoms with Crippen LogP contribution >= 0.6 is 12.4 Å². The average molecular weight is 300 g/mol. The molecule has 0 radical (unpaired) electrons. The second kappa shape index (κ2) is 8.21. The molecule has 6 heteroatoms. The van der Waals surface area contributed by atoms with Crippen LogP contribution in [0.3, 0.4) is 0 Å². The fourth-order valence-corrected chi connectivity index (χ4v) is 1.97.